The van der Waals surface area contributed by atoms with Gasteiger partial charge in [0.15, 0.2) is 6.10 Å². The molecule has 2 heterocycles. The highest BCUT2D eigenvalue weighted by atomic mass is 32.2. The van der Waals surface area contributed by atoms with E-state index in [1.54, 1.807) is 0 Å². The number of rotatable bonds is 1. The number of hydrogen-bond donors (Lipinski definition) is 0. The predicted octanol–water partition coefficient (Wildman–Crippen LogP) is 0.572. The maximum Gasteiger partial charge on any atom is 0.244 e. The average molecular weight is 189 g/mol. The summed E-state index contributed by atoms with van der Waals surface area (Å²) in [6.07, 6.45) is 0.354. The molecule has 6 heteroatoms. The minimum absolute atomic E-state index is 0.0498. The standard InChI is InChI=1S/C5H5N2O2S2/c8-5-4(9-7-11-5)3-1-2-10-6-3/h4H,1-2H2. The van der Waals surface area contributed by atoms with Gasteiger partial charge in [0.05, 0.1) is 5.71 Å². The van der Waals surface area contributed by atoms with E-state index in [4.69, 9.17) is 4.84 Å². The van der Waals surface area contributed by atoms with Crippen molar-refractivity contribution in [3.05, 3.63) is 0 Å². The van der Waals surface area contributed by atoms with E-state index in [0.29, 0.717) is 0 Å². The first kappa shape index (κ1) is 7.60. The van der Waals surface area contributed by atoms with Crippen LogP contribution in [-0.4, -0.2) is 22.7 Å². The molecule has 0 aromatic rings. The van der Waals surface area contributed by atoms with Gasteiger partial charge in [-0.3, -0.25) is 9.63 Å². The predicted molar refractivity (Wildman–Crippen MR) is 44.1 cm³/mol. The maximum absolute atomic E-state index is 11.0. The molecule has 1 atom stereocenters. The van der Waals surface area contributed by atoms with Gasteiger partial charge in [0.25, 0.3) is 0 Å². The van der Waals surface area contributed by atoms with Crippen molar-refractivity contribution in [1.29, 1.82) is 0 Å². The lowest BCUT2D eigenvalue weighted by atomic mass is 10.2. The first-order valence-corrected chi connectivity index (χ1v) is 4.85. The monoisotopic (exact) mass is 189 g/mol. The van der Waals surface area contributed by atoms with Gasteiger partial charge in [-0.25, -0.2) is 4.40 Å². The molecule has 2 aliphatic rings. The van der Waals surface area contributed by atoms with Crippen LogP contribution in [0.2, 0.25) is 0 Å². The fraction of sp³-hybridized carbons (Fsp3) is 0.600. The van der Waals surface area contributed by atoms with E-state index in [9.17, 15) is 4.79 Å². The van der Waals surface area contributed by atoms with E-state index >= 15 is 0 Å². The normalized spacial score (nSPS) is 31.1. The smallest absolute Gasteiger partial charge is 0.244 e. The molecule has 1 radical (unpaired) electrons. The third kappa shape index (κ3) is 1.44. The molecule has 1 saturated heterocycles. The van der Waals surface area contributed by atoms with Crippen LogP contribution in [0.15, 0.2) is 4.40 Å². The maximum atomic E-state index is 11.0. The lowest BCUT2D eigenvalue weighted by molar-refractivity contribution is -0.116. The van der Waals surface area contributed by atoms with Crippen LogP contribution >= 0.6 is 23.9 Å². The minimum atomic E-state index is -0.491. The third-order valence-electron chi connectivity index (χ3n) is 1.42. The number of nitrogens with zero attached hydrogens (tertiary/aromatic N) is 2. The zero-order chi connectivity index (χ0) is 7.68. The van der Waals surface area contributed by atoms with E-state index in [0.717, 1.165) is 29.8 Å². The molecule has 0 amide bonds. The molecule has 0 aromatic heterocycles. The highest BCUT2D eigenvalue weighted by Crippen LogP contribution is 2.24. The van der Waals surface area contributed by atoms with Gasteiger partial charge in [0, 0.05) is 24.1 Å². The molecular formula is C5H5N2O2S2. The first-order valence-electron chi connectivity index (χ1n) is 3.13. The van der Waals surface area contributed by atoms with Crippen LogP contribution in [0, 0.1) is 0 Å². The lowest BCUT2D eigenvalue weighted by Crippen LogP contribution is -2.25. The van der Waals surface area contributed by atoms with Gasteiger partial charge >= 0.3 is 0 Å². The summed E-state index contributed by atoms with van der Waals surface area (Å²) in [4.78, 5) is 19.3. The van der Waals surface area contributed by atoms with Crippen LogP contribution in [-0.2, 0) is 9.63 Å². The number of carbonyl (C=O) groups excluding carboxylic acids is 1. The highest BCUT2D eigenvalue weighted by Gasteiger charge is 2.34. The number of carbonyl (C=O) groups is 1. The van der Waals surface area contributed by atoms with Crippen molar-refractivity contribution in [2.24, 2.45) is 4.40 Å². The molecule has 0 saturated carbocycles. The van der Waals surface area contributed by atoms with Crippen molar-refractivity contribution in [2.75, 3.05) is 5.75 Å². The van der Waals surface area contributed by atoms with Crippen LogP contribution in [0.4, 0.5) is 0 Å². The number of hydrogen-bond acceptors (Lipinski definition) is 5. The van der Waals surface area contributed by atoms with Crippen molar-refractivity contribution in [1.82, 2.24) is 4.89 Å². The summed E-state index contributed by atoms with van der Waals surface area (Å²) >= 11 is 2.34. The Kier molecular flexibility index (Phi) is 2.17. The summed E-state index contributed by atoms with van der Waals surface area (Å²) in [7, 11) is 0. The summed E-state index contributed by atoms with van der Waals surface area (Å²) in [5.74, 6) is 0.952. The summed E-state index contributed by atoms with van der Waals surface area (Å²) in [6.45, 7) is 0. The second-order valence-electron chi connectivity index (χ2n) is 2.14. The van der Waals surface area contributed by atoms with E-state index in [1.165, 1.54) is 11.9 Å². The van der Waals surface area contributed by atoms with E-state index in [-0.39, 0.29) is 5.12 Å². The van der Waals surface area contributed by atoms with Crippen molar-refractivity contribution < 1.29 is 9.63 Å². The van der Waals surface area contributed by atoms with E-state index < -0.39 is 6.10 Å². The van der Waals surface area contributed by atoms with Crippen molar-refractivity contribution in [3.8, 4) is 0 Å². The fourth-order valence-corrected chi connectivity index (χ4v) is 2.11. The van der Waals surface area contributed by atoms with Gasteiger partial charge < -0.3 is 0 Å². The Labute approximate surface area is 72.4 Å². The molecular weight excluding hydrogens is 184 g/mol. The molecule has 0 aromatic carbocycles. The molecule has 4 nitrogen and oxygen atoms in total. The second kappa shape index (κ2) is 3.14. The van der Waals surface area contributed by atoms with Gasteiger partial charge in [0.1, 0.15) is 0 Å². The minimum Gasteiger partial charge on any atom is -0.282 e. The Morgan fingerprint density at radius 3 is 3.09 bits per heavy atom. The summed E-state index contributed by atoms with van der Waals surface area (Å²) < 4.78 is 4.08. The third-order valence-corrected chi connectivity index (χ3v) is 2.73. The summed E-state index contributed by atoms with van der Waals surface area (Å²) in [5, 5.41) is -0.0498. The average Bonchev–Trinajstić information content (AvgIpc) is 2.55. The Morgan fingerprint density at radius 1 is 1.64 bits per heavy atom. The zero-order valence-electron chi connectivity index (χ0n) is 5.52. The van der Waals surface area contributed by atoms with Gasteiger partial charge in [0.2, 0.25) is 5.12 Å². The van der Waals surface area contributed by atoms with E-state index in [2.05, 4.69) is 9.28 Å². The molecule has 0 N–H and O–H groups in total. The van der Waals surface area contributed by atoms with E-state index in [1.807, 2.05) is 0 Å². The van der Waals surface area contributed by atoms with Crippen molar-refractivity contribution in [2.45, 2.75) is 12.5 Å². The Hall–Kier alpha value is -0.0400. The Morgan fingerprint density at radius 2 is 2.55 bits per heavy atom. The zero-order valence-corrected chi connectivity index (χ0v) is 7.15. The summed E-state index contributed by atoms with van der Waals surface area (Å²) in [5.41, 5.74) is 0.828. The van der Waals surface area contributed by atoms with Crippen molar-refractivity contribution in [3.63, 3.8) is 0 Å². The Balaban J connectivity index is 2.08. The molecule has 0 bridgehead atoms. The molecule has 11 heavy (non-hydrogen) atoms. The van der Waals surface area contributed by atoms with Gasteiger partial charge in [-0.1, -0.05) is 0 Å². The SMILES string of the molecule is O=C1S[N]OC1C1=NSCC1. The molecule has 1 unspecified atom stereocenters. The van der Waals surface area contributed by atoms with Crippen LogP contribution in [0.5, 0.6) is 0 Å². The molecule has 2 rings (SSSR count). The topological polar surface area (TPSA) is 52.8 Å². The van der Waals surface area contributed by atoms with Gasteiger partial charge in [-0.15, -0.1) is 0 Å². The van der Waals surface area contributed by atoms with Crippen LogP contribution in [0.3, 0.4) is 0 Å². The molecule has 59 valence electrons. The van der Waals surface area contributed by atoms with Crippen LogP contribution < -0.4 is 4.89 Å². The Bertz CT molecular complexity index is 219. The molecule has 0 aliphatic carbocycles. The fourth-order valence-electron chi connectivity index (χ4n) is 0.892. The summed E-state index contributed by atoms with van der Waals surface area (Å²) in [6, 6.07) is 0. The quantitative estimate of drug-likeness (QED) is 0.566. The van der Waals surface area contributed by atoms with Crippen molar-refractivity contribution >= 4 is 34.7 Å². The van der Waals surface area contributed by atoms with Gasteiger partial charge in [-0.2, -0.15) is 0 Å². The van der Waals surface area contributed by atoms with Crippen LogP contribution in [0.25, 0.3) is 0 Å². The molecule has 1 fully saturated rings. The largest absolute Gasteiger partial charge is 0.282 e. The van der Waals surface area contributed by atoms with Crippen LogP contribution in [0.1, 0.15) is 6.42 Å². The molecule has 0 spiro atoms. The first-order chi connectivity index (χ1) is 5.38. The van der Waals surface area contributed by atoms with Gasteiger partial charge in [-0.05, 0) is 16.8 Å². The molecule has 2 aliphatic heterocycles. The second-order valence-corrected chi connectivity index (χ2v) is 3.72. The lowest BCUT2D eigenvalue weighted by Gasteiger charge is -2.01. The highest BCUT2D eigenvalue weighted by molar-refractivity contribution is 8.12.